The molecule has 1 aliphatic rings. The Hall–Kier alpha value is -0.570. The van der Waals surface area contributed by atoms with Crippen LogP contribution < -0.4 is 11.1 Å². The third-order valence-electron chi connectivity index (χ3n) is 3.28. The van der Waals surface area contributed by atoms with Crippen molar-refractivity contribution in [2.24, 2.45) is 17.6 Å². The Kier molecular flexibility index (Phi) is 4.39. The van der Waals surface area contributed by atoms with Crippen LogP contribution in [-0.4, -0.2) is 18.5 Å². The summed E-state index contributed by atoms with van der Waals surface area (Å²) in [6.07, 6.45) is 5.20. The second-order valence-electron chi connectivity index (χ2n) is 4.52. The van der Waals surface area contributed by atoms with Gasteiger partial charge in [-0.1, -0.05) is 26.2 Å². The van der Waals surface area contributed by atoms with Crippen LogP contribution in [0.3, 0.4) is 0 Å². The lowest BCUT2D eigenvalue weighted by molar-refractivity contribution is -0.125. The highest BCUT2D eigenvalue weighted by Crippen LogP contribution is 2.28. The second-order valence-corrected chi connectivity index (χ2v) is 4.52. The molecule has 1 rings (SSSR count). The van der Waals surface area contributed by atoms with E-state index in [1.54, 1.807) is 0 Å². The van der Waals surface area contributed by atoms with Gasteiger partial charge in [0.2, 0.25) is 5.91 Å². The molecule has 1 fully saturated rings. The highest BCUT2D eigenvalue weighted by molar-refractivity contribution is 5.78. The minimum absolute atomic E-state index is 0.0568. The van der Waals surface area contributed by atoms with Gasteiger partial charge < -0.3 is 11.1 Å². The van der Waals surface area contributed by atoms with Crippen molar-refractivity contribution in [3.63, 3.8) is 0 Å². The molecule has 0 spiro atoms. The molecule has 0 heterocycles. The molecule has 0 saturated heterocycles. The van der Waals surface area contributed by atoms with Crippen molar-refractivity contribution in [2.75, 3.05) is 6.54 Å². The quantitative estimate of drug-likeness (QED) is 0.699. The zero-order chi connectivity index (χ0) is 10.6. The molecular formula is C11H22N2O. The first-order valence-electron chi connectivity index (χ1n) is 5.64. The standard InChI is InChI=1S/C11H22N2O/c1-8(9(2)12)11(14)13-7-6-10-4-3-5-10/h8-10H,3-7,12H2,1-2H3,(H,13,14). The van der Waals surface area contributed by atoms with Gasteiger partial charge in [0, 0.05) is 18.5 Å². The lowest BCUT2D eigenvalue weighted by atomic mass is 9.83. The van der Waals surface area contributed by atoms with E-state index in [1.165, 1.54) is 19.3 Å². The maximum absolute atomic E-state index is 11.5. The van der Waals surface area contributed by atoms with Crippen LogP contribution in [0.2, 0.25) is 0 Å². The molecule has 14 heavy (non-hydrogen) atoms. The Morgan fingerprint density at radius 2 is 2.14 bits per heavy atom. The molecule has 0 aromatic heterocycles. The monoisotopic (exact) mass is 198 g/mol. The third-order valence-corrected chi connectivity index (χ3v) is 3.28. The first-order valence-corrected chi connectivity index (χ1v) is 5.64. The SMILES string of the molecule is CC(N)C(C)C(=O)NCCC1CCC1. The average molecular weight is 198 g/mol. The van der Waals surface area contributed by atoms with Crippen molar-refractivity contribution in [3.8, 4) is 0 Å². The second kappa shape index (κ2) is 5.35. The van der Waals surface area contributed by atoms with Crippen LogP contribution in [0.4, 0.5) is 0 Å². The third kappa shape index (κ3) is 3.29. The summed E-state index contributed by atoms with van der Waals surface area (Å²) in [5.74, 6) is 0.886. The van der Waals surface area contributed by atoms with Crippen LogP contribution in [0.15, 0.2) is 0 Å². The van der Waals surface area contributed by atoms with Gasteiger partial charge in [0.1, 0.15) is 0 Å². The van der Waals surface area contributed by atoms with Gasteiger partial charge in [-0.05, 0) is 19.3 Å². The number of carbonyl (C=O) groups excluding carboxylic acids is 1. The molecular weight excluding hydrogens is 176 g/mol. The van der Waals surface area contributed by atoms with Crippen LogP contribution in [-0.2, 0) is 4.79 Å². The zero-order valence-corrected chi connectivity index (χ0v) is 9.25. The summed E-state index contributed by atoms with van der Waals surface area (Å²) in [7, 11) is 0. The number of nitrogens with two attached hydrogens (primary N) is 1. The average Bonchev–Trinajstić information content (AvgIpc) is 2.07. The highest BCUT2D eigenvalue weighted by Gasteiger charge is 2.19. The summed E-state index contributed by atoms with van der Waals surface area (Å²) in [6.45, 7) is 4.57. The Bertz CT molecular complexity index is 188. The Morgan fingerprint density at radius 3 is 2.57 bits per heavy atom. The summed E-state index contributed by atoms with van der Waals surface area (Å²) in [4.78, 5) is 11.5. The normalized spacial score (nSPS) is 21.1. The smallest absolute Gasteiger partial charge is 0.224 e. The van der Waals surface area contributed by atoms with E-state index in [1.807, 2.05) is 13.8 Å². The molecule has 3 heteroatoms. The molecule has 1 amide bonds. The predicted octanol–water partition coefficient (Wildman–Crippen LogP) is 1.28. The predicted molar refractivity (Wildman–Crippen MR) is 57.8 cm³/mol. The lowest BCUT2D eigenvalue weighted by Crippen LogP contribution is -2.39. The zero-order valence-electron chi connectivity index (χ0n) is 9.25. The first-order chi connectivity index (χ1) is 6.61. The van der Waals surface area contributed by atoms with Crippen LogP contribution in [0.5, 0.6) is 0 Å². The van der Waals surface area contributed by atoms with E-state index < -0.39 is 0 Å². The molecule has 1 aliphatic carbocycles. The Labute approximate surface area is 86.4 Å². The molecule has 82 valence electrons. The van der Waals surface area contributed by atoms with Crippen LogP contribution in [0.1, 0.15) is 39.5 Å². The molecule has 3 N–H and O–H groups in total. The van der Waals surface area contributed by atoms with Gasteiger partial charge in [-0.2, -0.15) is 0 Å². The van der Waals surface area contributed by atoms with Gasteiger partial charge >= 0.3 is 0 Å². The van der Waals surface area contributed by atoms with Crippen molar-refractivity contribution in [2.45, 2.75) is 45.6 Å². The van der Waals surface area contributed by atoms with Gasteiger partial charge in [-0.25, -0.2) is 0 Å². The number of nitrogens with one attached hydrogen (secondary N) is 1. The number of hydrogen-bond donors (Lipinski definition) is 2. The van der Waals surface area contributed by atoms with Gasteiger partial charge in [0.25, 0.3) is 0 Å². The van der Waals surface area contributed by atoms with Gasteiger partial charge in [-0.3, -0.25) is 4.79 Å². The molecule has 0 aromatic rings. The van der Waals surface area contributed by atoms with E-state index in [0.717, 1.165) is 18.9 Å². The van der Waals surface area contributed by atoms with E-state index in [9.17, 15) is 4.79 Å². The summed E-state index contributed by atoms with van der Waals surface area (Å²) in [5.41, 5.74) is 5.64. The molecule has 3 nitrogen and oxygen atoms in total. The minimum atomic E-state index is -0.0728. The van der Waals surface area contributed by atoms with E-state index in [4.69, 9.17) is 5.73 Å². The molecule has 0 aliphatic heterocycles. The number of hydrogen-bond acceptors (Lipinski definition) is 2. The highest BCUT2D eigenvalue weighted by atomic mass is 16.1. The molecule has 0 bridgehead atoms. The Morgan fingerprint density at radius 1 is 1.50 bits per heavy atom. The number of carbonyl (C=O) groups is 1. The van der Waals surface area contributed by atoms with Crippen molar-refractivity contribution in [3.05, 3.63) is 0 Å². The van der Waals surface area contributed by atoms with Crippen molar-refractivity contribution < 1.29 is 4.79 Å². The lowest BCUT2D eigenvalue weighted by Gasteiger charge is -2.25. The van der Waals surface area contributed by atoms with E-state index in [-0.39, 0.29) is 17.9 Å². The van der Waals surface area contributed by atoms with Crippen LogP contribution >= 0.6 is 0 Å². The fourth-order valence-corrected chi connectivity index (χ4v) is 1.58. The van der Waals surface area contributed by atoms with Gasteiger partial charge in [-0.15, -0.1) is 0 Å². The largest absolute Gasteiger partial charge is 0.356 e. The summed E-state index contributed by atoms with van der Waals surface area (Å²) < 4.78 is 0. The fraction of sp³-hybridized carbons (Fsp3) is 0.909. The number of rotatable bonds is 5. The van der Waals surface area contributed by atoms with Crippen LogP contribution in [0, 0.1) is 11.8 Å². The first kappa shape index (κ1) is 11.5. The van der Waals surface area contributed by atoms with E-state index >= 15 is 0 Å². The minimum Gasteiger partial charge on any atom is -0.356 e. The summed E-state index contributed by atoms with van der Waals surface area (Å²) in [6, 6.07) is -0.0568. The van der Waals surface area contributed by atoms with E-state index in [0.29, 0.717) is 0 Å². The van der Waals surface area contributed by atoms with Gasteiger partial charge in [0.05, 0.1) is 0 Å². The van der Waals surface area contributed by atoms with Gasteiger partial charge in [0.15, 0.2) is 0 Å². The van der Waals surface area contributed by atoms with E-state index in [2.05, 4.69) is 5.32 Å². The molecule has 1 saturated carbocycles. The Balaban J connectivity index is 2.07. The number of amides is 1. The molecule has 2 unspecified atom stereocenters. The van der Waals surface area contributed by atoms with Crippen molar-refractivity contribution in [1.29, 1.82) is 0 Å². The van der Waals surface area contributed by atoms with Crippen molar-refractivity contribution >= 4 is 5.91 Å². The maximum atomic E-state index is 11.5. The van der Waals surface area contributed by atoms with Crippen molar-refractivity contribution in [1.82, 2.24) is 5.32 Å². The summed E-state index contributed by atoms with van der Waals surface area (Å²) in [5, 5.41) is 2.94. The fourth-order valence-electron chi connectivity index (χ4n) is 1.58. The molecule has 0 radical (unpaired) electrons. The molecule has 0 aromatic carbocycles. The topological polar surface area (TPSA) is 55.1 Å². The summed E-state index contributed by atoms with van der Waals surface area (Å²) >= 11 is 0. The molecule has 2 atom stereocenters. The maximum Gasteiger partial charge on any atom is 0.224 e. The van der Waals surface area contributed by atoms with Crippen LogP contribution in [0.25, 0.3) is 0 Å².